The van der Waals surface area contributed by atoms with E-state index in [1.807, 2.05) is 16.5 Å². The quantitative estimate of drug-likeness (QED) is 0.642. The van der Waals surface area contributed by atoms with Gasteiger partial charge in [0.1, 0.15) is 0 Å². The molecule has 3 N–H and O–H groups in total. The molecule has 1 amide bonds. The molecule has 0 radical (unpaired) electrons. The third-order valence-corrected chi connectivity index (χ3v) is 4.91. The van der Waals surface area contributed by atoms with Crippen LogP contribution in [0.5, 0.6) is 0 Å². The zero-order valence-corrected chi connectivity index (χ0v) is 13.2. The van der Waals surface area contributed by atoms with Crippen LogP contribution in [0.1, 0.15) is 13.3 Å². The van der Waals surface area contributed by atoms with Crippen molar-refractivity contribution in [2.24, 2.45) is 5.73 Å². The Morgan fingerprint density at radius 3 is 2.35 bits per heavy atom. The van der Waals surface area contributed by atoms with Crippen LogP contribution in [0, 0.1) is 0 Å². The first-order valence-electron chi connectivity index (χ1n) is 6.21. The minimum atomic E-state index is -3.85. The third-order valence-electron chi connectivity index (χ3n) is 3.17. The maximum absolute atomic E-state index is 11.9. The smallest absolute Gasteiger partial charge is 0.421 e. The number of hydrogen-bond acceptors (Lipinski definition) is 6. The van der Waals surface area contributed by atoms with Gasteiger partial charge in [-0.1, -0.05) is 19.1 Å². The van der Waals surface area contributed by atoms with Crippen molar-refractivity contribution in [1.29, 1.82) is 0 Å². The van der Waals surface area contributed by atoms with Crippen LogP contribution in [0.15, 0.2) is 0 Å². The SMILES string of the molecule is CCC(C(N)=S)N1CCN(S(=O)(=O)NC(=O)OC)CC1. The van der Waals surface area contributed by atoms with Gasteiger partial charge in [0.25, 0.3) is 0 Å². The molecule has 1 aliphatic heterocycles. The Morgan fingerprint density at radius 1 is 1.40 bits per heavy atom. The summed E-state index contributed by atoms with van der Waals surface area (Å²) in [5.74, 6) is 0. The van der Waals surface area contributed by atoms with Crippen molar-refractivity contribution in [1.82, 2.24) is 13.9 Å². The first kappa shape index (κ1) is 17.1. The summed E-state index contributed by atoms with van der Waals surface area (Å²) < 4.78 is 31.1. The zero-order valence-electron chi connectivity index (χ0n) is 11.5. The fourth-order valence-corrected chi connectivity index (χ4v) is 3.49. The van der Waals surface area contributed by atoms with Crippen molar-refractivity contribution in [2.75, 3.05) is 33.3 Å². The molecule has 8 nitrogen and oxygen atoms in total. The summed E-state index contributed by atoms with van der Waals surface area (Å²) >= 11 is 5.00. The summed E-state index contributed by atoms with van der Waals surface area (Å²) in [6, 6.07) is -0.0246. The van der Waals surface area contributed by atoms with Crippen LogP contribution < -0.4 is 10.5 Å². The number of nitrogens with zero attached hydrogens (tertiary/aromatic N) is 2. The van der Waals surface area contributed by atoms with E-state index in [2.05, 4.69) is 4.74 Å². The standard InChI is InChI=1S/C10H20N4O4S2/c1-3-8(9(11)19)13-4-6-14(7-5-13)20(16,17)12-10(15)18-2/h8H,3-7H2,1-2H3,(H2,11,19)(H,12,15). The summed E-state index contributed by atoms with van der Waals surface area (Å²) in [6.07, 6.45) is -0.218. The highest BCUT2D eigenvalue weighted by Gasteiger charge is 2.31. The first-order valence-corrected chi connectivity index (χ1v) is 8.05. The van der Waals surface area contributed by atoms with Gasteiger partial charge >= 0.3 is 16.3 Å². The van der Waals surface area contributed by atoms with E-state index in [1.54, 1.807) is 0 Å². The number of methoxy groups -OCH3 is 1. The Labute approximate surface area is 124 Å². The van der Waals surface area contributed by atoms with Crippen LogP contribution in [0.4, 0.5) is 4.79 Å². The lowest BCUT2D eigenvalue weighted by Crippen LogP contribution is -2.56. The number of piperazine rings is 1. The van der Waals surface area contributed by atoms with Gasteiger partial charge in [-0.25, -0.2) is 9.52 Å². The van der Waals surface area contributed by atoms with Crippen molar-refractivity contribution in [2.45, 2.75) is 19.4 Å². The van der Waals surface area contributed by atoms with Crippen LogP contribution in [0.25, 0.3) is 0 Å². The van der Waals surface area contributed by atoms with E-state index < -0.39 is 16.3 Å². The molecule has 116 valence electrons. The van der Waals surface area contributed by atoms with Gasteiger partial charge in [0.15, 0.2) is 0 Å². The number of hydrogen-bond donors (Lipinski definition) is 2. The molecule has 0 aromatic heterocycles. The summed E-state index contributed by atoms with van der Waals surface area (Å²) in [7, 11) is -2.74. The average Bonchev–Trinajstić information content (AvgIpc) is 2.39. The molecular weight excluding hydrogens is 304 g/mol. The lowest BCUT2D eigenvalue weighted by molar-refractivity contribution is 0.160. The Morgan fingerprint density at radius 2 is 1.95 bits per heavy atom. The number of thiocarbonyl (C=S) groups is 1. The summed E-state index contributed by atoms with van der Waals surface area (Å²) in [5.41, 5.74) is 5.67. The first-order chi connectivity index (χ1) is 9.31. The molecule has 0 aromatic rings. The van der Waals surface area contributed by atoms with E-state index in [0.717, 1.165) is 13.5 Å². The van der Waals surface area contributed by atoms with Gasteiger partial charge < -0.3 is 10.5 Å². The van der Waals surface area contributed by atoms with Gasteiger partial charge in [0.2, 0.25) is 0 Å². The van der Waals surface area contributed by atoms with Crippen molar-refractivity contribution >= 4 is 33.5 Å². The molecule has 1 heterocycles. The highest BCUT2D eigenvalue weighted by molar-refractivity contribution is 7.87. The fraction of sp³-hybridized carbons (Fsp3) is 0.800. The van der Waals surface area contributed by atoms with Crippen LogP contribution in [0.2, 0.25) is 0 Å². The molecule has 0 bridgehead atoms. The van der Waals surface area contributed by atoms with Gasteiger partial charge in [-0.05, 0) is 6.42 Å². The summed E-state index contributed by atoms with van der Waals surface area (Å²) in [5, 5.41) is 0. The second-order valence-electron chi connectivity index (χ2n) is 4.36. The van der Waals surface area contributed by atoms with Gasteiger partial charge in [-0.2, -0.15) is 12.7 Å². The van der Waals surface area contributed by atoms with E-state index in [9.17, 15) is 13.2 Å². The van der Waals surface area contributed by atoms with Gasteiger partial charge in [0, 0.05) is 26.2 Å². The van der Waals surface area contributed by atoms with Gasteiger partial charge in [-0.15, -0.1) is 0 Å². The maximum Gasteiger partial charge on any atom is 0.421 e. The van der Waals surface area contributed by atoms with Crippen molar-refractivity contribution in [3.05, 3.63) is 0 Å². The number of nitrogens with one attached hydrogen (secondary N) is 1. The van der Waals surface area contributed by atoms with E-state index in [1.165, 1.54) is 4.31 Å². The Kier molecular flexibility index (Phi) is 6.11. The molecule has 1 rings (SSSR count). The van der Waals surface area contributed by atoms with Crippen LogP contribution in [-0.2, 0) is 14.9 Å². The number of ether oxygens (including phenoxy) is 1. The van der Waals surface area contributed by atoms with Crippen LogP contribution in [0.3, 0.4) is 0 Å². The number of rotatable bonds is 5. The van der Waals surface area contributed by atoms with Crippen LogP contribution in [-0.4, -0.2) is 68.0 Å². The summed E-state index contributed by atoms with van der Waals surface area (Å²) in [6.45, 7) is 3.54. The Balaban J connectivity index is 2.62. The molecule has 1 saturated heterocycles. The highest BCUT2D eigenvalue weighted by atomic mass is 32.2. The number of carbonyl (C=O) groups is 1. The molecule has 10 heteroatoms. The maximum atomic E-state index is 11.9. The molecule has 1 unspecified atom stereocenters. The normalized spacial score (nSPS) is 19.3. The topological polar surface area (TPSA) is 105 Å². The van der Waals surface area contributed by atoms with E-state index >= 15 is 0 Å². The second kappa shape index (κ2) is 7.16. The molecule has 0 spiro atoms. The van der Waals surface area contributed by atoms with Gasteiger partial charge in [0.05, 0.1) is 18.1 Å². The minimum absolute atomic E-state index is 0.0246. The lowest BCUT2D eigenvalue weighted by atomic mass is 10.1. The molecule has 1 aliphatic rings. The van der Waals surface area contributed by atoms with E-state index in [4.69, 9.17) is 18.0 Å². The van der Waals surface area contributed by atoms with Crippen molar-refractivity contribution in [3.8, 4) is 0 Å². The predicted octanol–water partition coefficient (Wildman–Crippen LogP) is -0.730. The molecule has 0 aromatic carbocycles. The lowest BCUT2D eigenvalue weighted by Gasteiger charge is -2.37. The molecule has 0 saturated carbocycles. The Bertz CT molecular complexity index is 460. The third kappa shape index (κ3) is 4.27. The monoisotopic (exact) mass is 324 g/mol. The second-order valence-corrected chi connectivity index (χ2v) is 6.50. The molecule has 0 aliphatic carbocycles. The Hall–Kier alpha value is -0.970. The van der Waals surface area contributed by atoms with Gasteiger partial charge in [-0.3, -0.25) is 4.90 Å². The fourth-order valence-electron chi connectivity index (χ4n) is 2.11. The predicted molar refractivity (Wildman–Crippen MR) is 78.5 cm³/mol. The largest absolute Gasteiger partial charge is 0.452 e. The zero-order chi connectivity index (χ0) is 15.3. The van der Waals surface area contributed by atoms with E-state index in [-0.39, 0.29) is 19.1 Å². The summed E-state index contributed by atoms with van der Waals surface area (Å²) in [4.78, 5) is 13.5. The molecule has 1 atom stereocenters. The highest BCUT2D eigenvalue weighted by Crippen LogP contribution is 2.12. The molecule has 1 fully saturated rings. The molecule has 20 heavy (non-hydrogen) atoms. The molecular formula is C10H20N4O4S2. The van der Waals surface area contributed by atoms with Crippen molar-refractivity contribution < 1.29 is 17.9 Å². The minimum Gasteiger partial charge on any atom is -0.452 e. The van der Waals surface area contributed by atoms with Crippen molar-refractivity contribution in [3.63, 3.8) is 0 Å². The van der Waals surface area contributed by atoms with E-state index in [0.29, 0.717) is 18.1 Å². The number of nitrogens with two attached hydrogens (primary N) is 1. The average molecular weight is 324 g/mol. The number of carbonyl (C=O) groups excluding carboxylic acids is 1. The number of amides is 1. The van der Waals surface area contributed by atoms with Crippen LogP contribution >= 0.6 is 12.2 Å².